The summed E-state index contributed by atoms with van der Waals surface area (Å²) in [5.41, 5.74) is 4.20. The van der Waals surface area contributed by atoms with E-state index in [1.165, 1.54) is 4.90 Å². The molecule has 2 atom stereocenters. The van der Waals surface area contributed by atoms with Crippen LogP contribution in [0.25, 0.3) is 10.9 Å². The summed E-state index contributed by atoms with van der Waals surface area (Å²) in [5, 5.41) is 1.08. The minimum absolute atomic E-state index is 0.0187. The van der Waals surface area contributed by atoms with Crippen molar-refractivity contribution in [2.45, 2.75) is 25.3 Å². The largest absolute Gasteiger partial charge is 0.358 e. The van der Waals surface area contributed by atoms with Crippen molar-refractivity contribution in [3.05, 3.63) is 71.4 Å². The number of hydrogen-bond acceptors (Lipinski definition) is 2. The third-order valence-corrected chi connectivity index (χ3v) is 5.55. The number of nitrogens with zero attached hydrogens (tertiary/aromatic N) is 1. The van der Waals surface area contributed by atoms with E-state index in [2.05, 4.69) is 4.98 Å². The first-order chi connectivity index (χ1) is 12.2. The number of H-pyrrole nitrogens is 1. The summed E-state index contributed by atoms with van der Waals surface area (Å²) in [4.78, 5) is 31.0. The van der Waals surface area contributed by atoms with E-state index in [-0.39, 0.29) is 23.7 Å². The van der Waals surface area contributed by atoms with Gasteiger partial charge in [0.25, 0.3) is 0 Å². The second kappa shape index (κ2) is 5.31. The first-order valence-electron chi connectivity index (χ1n) is 8.72. The maximum absolute atomic E-state index is 13.2. The van der Waals surface area contributed by atoms with Gasteiger partial charge in [-0.1, -0.05) is 48.5 Å². The Morgan fingerprint density at radius 3 is 2.56 bits per heavy atom. The Kier molecular flexibility index (Phi) is 3.07. The van der Waals surface area contributed by atoms with Crippen molar-refractivity contribution in [1.29, 1.82) is 0 Å². The van der Waals surface area contributed by atoms with Crippen LogP contribution in [0.3, 0.4) is 0 Å². The normalized spacial score (nSPS) is 22.3. The van der Waals surface area contributed by atoms with Crippen LogP contribution in [0.1, 0.15) is 29.2 Å². The molecule has 1 N–H and O–H groups in total. The van der Waals surface area contributed by atoms with Crippen molar-refractivity contribution < 1.29 is 9.59 Å². The molecule has 4 heteroatoms. The molecule has 2 unspecified atom stereocenters. The molecule has 0 spiro atoms. The van der Waals surface area contributed by atoms with Gasteiger partial charge in [0.05, 0.1) is 18.4 Å². The average Bonchev–Trinajstić information content (AvgIpc) is 3.13. The Labute approximate surface area is 145 Å². The van der Waals surface area contributed by atoms with Gasteiger partial charge in [0, 0.05) is 16.6 Å². The summed E-state index contributed by atoms with van der Waals surface area (Å²) in [6, 6.07) is 17.8. The highest BCUT2D eigenvalue weighted by Gasteiger charge is 2.51. The highest BCUT2D eigenvalue weighted by atomic mass is 16.2. The van der Waals surface area contributed by atoms with Gasteiger partial charge in [-0.2, -0.15) is 0 Å². The van der Waals surface area contributed by atoms with Crippen LogP contribution in [0.2, 0.25) is 0 Å². The standard InChI is InChI=1S/C21H18N2O2/c24-20-15-10-11-17-18(14-8-4-5-9-16(14)22-17)19(15)21(25)23(20)12-13-6-2-1-3-7-13/h1-9,15,19,22H,10-12H2. The van der Waals surface area contributed by atoms with Crippen molar-refractivity contribution in [3.8, 4) is 0 Å². The molecule has 1 fully saturated rings. The third-order valence-electron chi connectivity index (χ3n) is 5.55. The molecule has 2 amide bonds. The van der Waals surface area contributed by atoms with E-state index in [4.69, 9.17) is 0 Å². The number of aryl methyl sites for hydroxylation is 1. The lowest BCUT2D eigenvalue weighted by molar-refractivity contribution is -0.140. The number of likely N-dealkylation sites (tertiary alicyclic amines) is 1. The van der Waals surface area contributed by atoms with Crippen molar-refractivity contribution in [2.75, 3.05) is 0 Å². The molecule has 5 rings (SSSR count). The predicted octanol–water partition coefficient (Wildman–Crippen LogP) is 3.38. The molecule has 2 heterocycles. The van der Waals surface area contributed by atoms with Crippen molar-refractivity contribution in [3.63, 3.8) is 0 Å². The van der Waals surface area contributed by atoms with Gasteiger partial charge in [-0.25, -0.2) is 0 Å². The van der Waals surface area contributed by atoms with Crippen molar-refractivity contribution in [1.82, 2.24) is 9.88 Å². The smallest absolute Gasteiger partial charge is 0.237 e. The maximum atomic E-state index is 13.2. The van der Waals surface area contributed by atoms with E-state index in [0.717, 1.165) is 40.6 Å². The first kappa shape index (κ1) is 14.5. The number of para-hydroxylation sites is 1. The number of carbonyl (C=O) groups is 2. The van der Waals surface area contributed by atoms with E-state index in [1.54, 1.807) is 0 Å². The average molecular weight is 330 g/mol. The van der Waals surface area contributed by atoms with Gasteiger partial charge in [-0.05, 0) is 30.0 Å². The van der Waals surface area contributed by atoms with Crippen LogP contribution in [-0.4, -0.2) is 21.7 Å². The molecule has 2 aliphatic rings. The Hall–Kier alpha value is -2.88. The summed E-state index contributed by atoms with van der Waals surface area (Å²) in [7, 11) is 0. The van der Waals surface area contributed by atoms with E-state index >= 15 is 0 Å². The molecular weight excluding hydrogens is 312 g/mol. The maximum Gasteiger partial charge on any atom is 0.237 e. The zero-order valence-electron chi connectivity index (χ0n) is 13.7. The topological polar surface area (TPSA) is 53.2 Å². The van der Waals surface area contributed by atoms with E-state index < -0.39 is 0 Å². The Balaban J connectivity index is 1.58. The molecule has 0 bridgehead atoms. The van der Waals surface area contributed by atoms with Crippen LogP contribution in [0.4, 0.5) is 0 Å². The summed E-state index contributed by atoms with van der Waals surface area (Å²) in [6.07, 6.45) is 1.56. The lowest BCUT2D eigenvalue weighted by Gasteiger charge is -2.21. The van der Waals surface area contributed by atoms with Crippen LogP contribution in [0, 0.1) is 5.92 Å². The lowest BCUT2D eigenvalue weighted by Crippen LogP contribution is -2.30. The van der Waals surface area contributed by atoms with Gasteiger partial charge >= 0.3 is 0 Å². The van der Waals surface area contributed by atoms with Crippen molar-refractivity contribution >= 4 is 22.7 Å². The number of amides is 2. The van der Waals surface area contributed by atoms with Gasteiger partial charge < -0.3 is 4.98 Å². The predicted molar refractivity (Wildman–Crippen MR) is 94.8 cm³/mol. The van der Waals surface area contributed by atoms with Crippen molar-refractivity contribution in [2.24, 2.45) is 5.92 Å². The van der Waals surface area contributed by atoms with Crippen LogP contribution >= 0.6 is 0 Å². The number of fused-ring (bicyclic) bond motifs is 5. The minimum atomic E-state index is -0.337. The number of nitrogens with one attached hydrogen (secondary N) is 1. The number of imide groups is 1. The van der Waals surface area contributed by atoms with Crippen LogP contribution in [0.5, 0.6) is 0 Å². The van der Waals surface area contributed by atoms with E-state index in [0.29, 0.717) is 6.54 Å². The fraction of sp³-hybridized carbons (Fsp3) is 0.238. The third kappa shape index (κ3) is 2.07. The molecule has 124 valence electrons. The zero-order chi connectivity index (χ0) is 17.0. The molecule has 25 heavy (non-hydrogen) atoms. The molecule has 1 aromatic heterocycles. The van der Waals surface area contributed by atoms with Crippen LogP contribution in [-0.2, 0) is 22.6 Å². The first-order valence-corrected chi connectivity index (χ1v) is 8.72. The van der Waals surface area contributed by atoms with E-state index in [1.807, 2.05) is 54.6 Å². The molecule has 4 nitrogen and oxygen atoms in total. The zero-order valence-corrected chi connectivity index (χ0v) is 13.7. The van der Waals surface area contributed by atoms with Crippen LogP contribution in [0.15, 0.2) is 54.6 Å². The van der Waals surface area contributed by atoms with Gasteiger partial charge in [0.15, 0.2) is 0 Å². The Morgan fingerprint density at radius 2 is 1.72 bits per heavy atom. The lowest BCUT2D eigenvalue weighted by atomic mass is 9.78. The highest BCUT2D eigenvalue weighted by Crippen LogP contribution is 2.46. The minimum Gasteiger partial charge on any atom is -0.358 e. The van der Waals surface area contributed by atoms with Gasteiger partial charge in [-0.3, -0.25) is 14.5 Å². The monoisotopic (exact) mass is 330 g/mol. The number of carbonyl (C=O) groups excluding carboxylic acids is 2. The van der Waals surface area contributed by atoms with Gasteiger partial charge in [0.1, 0.15) is 0 Å². The SMILES string of the molecule is O=C1C2CCc3[nH]c4ccccc4c3C2C(=O)N1Cc1ccccc1. The number of aromatic amines is 1. The molecule has 1 aliphatic carbocycles. The number of benzene rings is 2. The molecule has 1 saturated heterocycles. The van der Waals surface area contributed by atoms with Gasteiger partial charge in [-0.15, -0.1) is 0 Å². The fourth-order valence-electron chi connectivity index (χ4n) is 4.40. The molecule has 1 aliphatic heterocycles. The Bertz CT molecular complexity index is 990. The summed E-state index contributed by atoms with van der Waals surface area (Å²) in [6.45, 7) is 0.364. The Morgan fingerprint density at radius 1 is 0.960 bits per heavy atom. The quantitative estimate of drug-likeness (QED) is 0.732. The number of rotatable bonds is 2. The summed E-state index contributed by atoms with van der Waals surface area (Å²) < 4.78 is 0. The summed E-state index contributed by atoms with van der Waals surface area (Å²) in [5.74, 6) is -0.627. The molecule has 0 radical (unpaired) electrons. The number of hydrogen-bond donors (Lipinski definition) is 1. The number of aromatic nitrogens is 1. The molecular formula is C21H18N2O2. The van der Waals surface area contributed by atoms with E-state index in [9.17, 15) is 9.59 Å². The molecule has 0 saturated carbocycles. The van der Waals surface area contributed by atoms with Gasteiger partial charge in [0.2, 0.25) is 11.8 Å². The fourth-order valence-corrected chi connectivity index (χ4v) is 4.40. The molecule has 3 aromatic rings. The highest BCUT2D eigenvalue weighted by molar-refractivity contribution is 6.10. The second-order valence-electron chi connectivity index (χ2n) is 6.93. The second-order valence-corrected chi connectivity index (χ2v) is 6.93. The van der Waals surface area contributed by atoms with Crippen LogP contribution < -0.4 is 0 Å². The molecule has 2 aromatic carbocycles. The summed E-state index contributed by atoms with van der Waals surface area (Å²) >= 11 is 0.